The largest absolute Gasteiger partial charge is 0.497 e. The lowest BCUT2D eigenvalue weighted by Gasteiger charge is -2.27. The summed E-state index contributed by atoms with van der Waals surface area (Å²) in [5.74, 6) is 0.881. The average molecular weight is 412 g/mol. The summed E-state index contributed by atoms with van der Waals surface area (Å²) in [5, 5.41) is 0. The van der Waals surface area contributed by atoms with Gasteiger partial charge in [0.1, 0.15) is 5.75 Å². The molecule has 0 aliphatic heterocycles. The molecule has 0 radical (unpaired) electrons. The first-order valence-corrected chi connectivity index (χ1v) is 10.4. The van der Waals surface area contributed by atoms with Gasteiger partial charge in [0.25, 0.3) is 0 Å². The zero-order valence-corrected chi connectivity index (χ0v) is 19.4. The predicted molar refractivity (Wildman–Crippen MR) is 135 cm³/mol. The van der Waals surface area contributed by atoms with Gasteiger partial charge in [-0.25, -0.2) is 0 Å². The van der Waals surface area contributed by atoms with Crippen molar-refractivity contribution in [2.75, 3.05) is 12.0 Å². The van der Waals surface area contributed by atoms with E-state index in [1.54, 1.807) is 7.11 Å². The number of benzene rings is 3. The number of ether oxygens (including phenoxy) is 1. The van der Waals surface area contributed by atoms with Crippen LogP contribution in [0.1, 0.15) is 34.7 Å². The standard InChI is InChI=1S/C21H25NO.C8H8/c1-7-18(5)22(21-12-15(2)8-9-17(21)4)14-19-13-20(23-6)11-10-16(19)3;1-2-8-6-4-3-5-7-8/h8-13H,1,14H2,2-6H3;2-7H,1H2. The molecule has 0 spiro atoms. The summed E-state index contributed by atoms with van der Waals surface area (Å²) in [4.78, 5) is 2.26. The zero-order valence-electron chi connectivity index (χ0n) is 19.4. The molecule has 0 unspecified atom stereocenters. The second-order valence-electron chi connectivity index (χ2n) is 7.55. The van der Waals surface area contributed by atoms with Gasteiger partial charge in [0.15, 0.2) is 0 Å². The van der Waals surface area contributed by atoms with Gasteiger partial charge >= 0.3 is 0 Å². The molecule has 2 nitrogen and oxygen atoms in total. The van der Waals surface area contributed by atoms with Gasteiger partial charge < -0.3 is 9.64 Å². The minimum Gasteiger partial charge on any atom is -0.497 e. The molecule has 3 rings (SSSR count). The summed E-state index contributed by atoms with van der Waals surface area (Å²) in [6.45, 7) is 16.7. The molecule has 0 aromatic heterocycles. The maximum absolute atomic E-state index is 5.37. The van der Waals surface area contributed by atoms with Crippen LogP contribution in [0.4, 0.5) is 5.69 Å². The summed E-state index contributed by atoms with van der Waals surface area (Å²) in [6.07, 6.45) is 1.83. The first-order chi connectivity index (χ1) is 14.9. The normalized spacial score (nSPS) is 9.71. The third-order valence-corrected chi connectivity index (χ3v) is 5.24. The molecule has 0 saturated heterocycles. The molecule has 160 valence electrons. The molecule has 0 saturated carbocycles. The van der Waals surface area contributed by atoms with Crippen LogP contribution in [0.2, 0.25) is 0 Å². The van der Waals surface area contributed by atoms with Gasteiger partial charge in [0, 0.05) is 12.2 Å². The van der Waals surface area contributed by atoms with Gasteiger partial charge in [-0.2, -0.15) is 0 Å². The Morgan fingerprint density at radius 1 is 0.968 bits per heavy atom. The van der Waals surface area contributed by atoms with Gasteiger partial charge in [-0.05, 0) is 73.7 Å². The lowest BCUT2D eigenvalue weighted by Crippen LogP contribution is -2.21. The van der Waals surface area contributed by atoms with E-state index in [1.807, 2.05) is 49.4 Å². The van der Waals surface area contributed by atoms with Crippen molar-refractivity contribution < 1.29 is 4.74 Å². The molecular formula is C29H33NO. The van der Waals surface area contributed by atoms with E-state index in [4.69, 9.17) is 4.74 Å². The monoisotopic (exact) mass is 411 g/mol. The van der Waals surface area contributed by atoms with Crippen molar-refractivity contribution in [3.8, 4) is 5.75 Å². The van der Waals surface area contributed by atoms with Gasteiger partial charge in [-0.3, -0.25) is 0 Å². The lowest BCUT2D eigenvalue weighted by atomic mass is 10.1. The Labute approximate surface area is 187 Å². The second-order valence-corrected chi connectivity index (χ2v) is 7.55. The highest BCUT2D eigenvalue weighted by Crippen LogP contribution is 2.28. The van der Waals surface area contributed by atoms with E-state index in [0.29, 0.717) is 0 Å². The fourth-order valence-electron chi connectivity index (χ4n) is 3.19. The molecule has 0 aliphatic rings. The lowest BCUT2D eigenvalue weighted by molar-refractivity contribution is 0.414. The summed E-state index contributed by atoms with van der Waals surface area (Å²) >= 11 is 0. The molecular weight excluding hydrogens is 378 g/mol. The number of methoxy groups -OCH3 is 1. The van der Waals surface area contributed by atoms with E-state index in [0.717, 1.165) is 18.0 Å². The van der Waals surface area contributed by atoms with Crippen molar-refractivity contribution in [3.05, 3.63) is 119 Å². The van der Waals surface area contributed by atoms with E-state index in [9.17, 15) is 0 Å². The molecule has 0 fully saturated rings. The van der Waals surface area contributed by atoms with Crippen LogP contribution >= 0.6 is 0 Å². The minimum atomic E-state index is 0.766. The van der Waals surface area contributed by atoms with E-state index in [1.165, 1.54) is 33.5 Å². The molecule has 3 aromatic carbocycles. The van der Waals surface area contributed by atoms with Gasteiger partial charge in [0.2, 0.25) is 0 Å². The maximum Gasteiger partial charge on any atom is 0.119 e. The number of nitrogens with zero attached hydrogens (tertiary/aromatic N) is 1. The molecule has 31 heavy (non-hydrogen) atoms. The SMILES string of the molecule is C=C=C(C)N(Cc1cc(OC)ccc1C)c1cc(C)ccc1C.C=Cc1ccccc1. The Balaban J connectivity index is 0.000000357. The molecule has 2 heteroatoms. The topological polar surface area (TPSA) is 12.5 Å². The Hall–Kier alpha value is -3.48. The zero-order chi connectivity index (χ0) is 22.8. The van der Waals surface area contributed by atoms with Crippen LogP contribution < -0.4 is 9.64 Å². The fourth-order valence-corrected chi connectivity index (χ4v) is 3.19. The van der Waals surface area contributed by atoms with Crippen molar-refractivity contribution in [2.45, 2.75) is 34.2 Å². The summed E-state index contributed by atoms with van der Waals surface area (Å²) in [5.41, 5.74) is 11.4. The molecule has 0 atom stereocenters. The van der Waals surface area contributed by atoms with Crippen LogP contribution in [0.3, 0.4) is 0 Å². The Morgan fingerprint density at radius 3 is 2.23 bits per heavy atom. The fraction of sp³-hybridized carbons (Fsp3) is 0.207. The first kappa shape index (κ1) is 23.8. The Morgan fingerprint density at radius 2 is 1.65 bits per heavy atom. The number of anilines is 1. The number of hydrogen-bond donors (Lipinski definition) is 0. The van der Waals surface area contributed by atoms with Gasteiger partial charge in [0.05, 0.1) is 12.8 Å². The molecule has 0 bridgehead atoms. The predicted octanol–water partition coefficient (Wildman–Crippen LogP) is 7.65. The minimum absolute atomic E-state index is 0.766. The van der Waals surface area contributed by atoms with Crippen molar-refractivity contribution in [2.24, 2.45) is 0 Å². The van der Waals surface area contributed by atoms with E-state index in [-0.39, 0.29) is 0 Å². The third-order valence-electron chi connectivity index (χ3n) is 5.24. The average Bonchev–Trinajstić information content (AvgIpc) is 2.80. The maximum atomic E-state index is 5.37. The van der Waals surface area contributed by atoms with Crippen molar-refractivity contribution >= 4 is 11.8 Å². The number of hydrogen-bond acceptors (Lipinski definition) is 2. The van der Waals surface area contributed by atoms with Crippen LogP contribution in [-0.4, -0.2) is 7.11 Å². The quantitative estimate of drug-likeness (QED) is 0.386. The Kier molecular flexibility index (Phi) is 8.94. The van der Waals surface area contributed by atoms with Crippen LogP contribution in [0, 0.1) is 20.8 Å². The highest BCUT2D eigenvalue weighted by molar-refractivity contribution is 5.59. The number of allylic oxidation sites excluding steroid dienone is 1. The summed E-state index contributed by atoms with van der Waals surface area (Å²) in [6, 6.07) is 22.7. The third kappa shape index (κ3) is 6.77. The number of rotatable bonds is 6. The highest BCUT2D eigenvalue weighted by atomic mass is 16.5. The second kappa shape index (κ2) is 11.6. The number of aryl methyl sites for hydroxylation is 3. The first-order valence-electron chi connectivity index (χ1n) is 10.4. The Bertz CT molecular complexity index is 1060. The van der Waals surface area contributed by atoms with Gasteiger partial charge in [-0.15, -0.1) is 5.73 Å². The van der Waals surface area contributed by atoms with E-state index >= 15 is 0 Å². The molecule has 0 heterocycles. The smallest absolute Gasteiger partial charge is 0.119 e. The van der Waals surface area contributed by atoms with Crippen LogP contribution in [0.5, 0.6) is 5.75 Å². The van der Waals surface area contributed by atoms with Crippen LogP contribution in [-0.2, 0) is 6.54 Å². The molecule has 3 aromatic rings. The molecule has 0 aliphatic carbocycles. The molecule has 0 N–H and O–H groups in total. The summed E-state index contributed by atoms with van der Waals surface area (Å²) < 4.78 is 5.37. The summed E-state index contributed by atoms with van der Waals surface area (Å²) in [7, 11) is 1.70. The van der Waals surface area contributed by atoms with Crippen molar-refractivity contribution in [1.82, 2.24) is 0 Å². The van der Waals surface area contributed by atoms with E-state index in [2.05, 4.69) is 74.9 Å². The van der Waals surface area contributed by atoms with Crippen LogP contribution in [0.25, 0.3) is 6.08 Å². The van der Waals surface area contributed by atoms with Crippen molar-refractivity contribution in [1.29, 1.82) is 0 Å². The van der Waals surface area contributed by atoms with Gasteiger partial charge in [-0.1, -0.05) is 67.8 Å². The molecule has 0 amide bonds. The van der Waals surface area contributed by atoms with Crippen LogP contribution in [0.15, 0.2) is 91.3 Å². The van der Waals surface area contributed by atoms with E-state index < -0.39 is 0 Å². The highest BCUT2D eigenvalue weighted by Gasteiger charge is 2.14. The van der Waals surface area contributed by atoms with Crippen molar-refractivity contribution in [3.63, 3.8) is 0 Å².